The minimum atomic E-state index is -1.33. The van der Waals surface area contributed by atoms with E-state index < -0.39 is 23.9 Å². The highest BCUT2D eigenvalue weighted by molar-refractivity contribution is 6.22. The third-order valence-corrected chi connectivity index (χ3v) is 5.66. The molecule has 3 aliphatic heterocycles. The number of carbonyl (C=O) groups is 2. The van der Waals surface area contributed by atoms with Crippen LogP contribution in [-0.2, 0) is 9.59 Å². The molecule has 3 heterocycles. The largest absolute Gasteiger partial charge is 0.391 e. The minimum absolute atomic E-state index is 0.00546. The summed E-state index contributed by atoms with van der Waals surface area (Å²) >= 11 is 0. The smallest absolute Gasteiger partial charge is 0.227 e. The Morgan fingerprint density at radius 2 is 1.21 bits per heavy atom. The predicted molar refractivity (Wildman–Crippen MR) is 102 cm³/mol. The number of aliphatic hydroxyl groups excluding tert-OH is 3. The highest BCUT2D eigenvalue weighted by Crippen LogP contribution is 2.33. The molecule has 5 N–H and O–H groups in total. The van der Waals surface area contributed by atoms with E-state index in [4.69, 9.17) is 21.1 Å². The summed E-state index contributed by atoms with van der Waals surface area (Å²) in [6, 6.07) is 0. The van der Waals surface area contributed by atoms with Crippen molar-refractivity contribution in [2.24, 2.45) is 5.73 Å². The molecule has 3 unspecified atom stereocenters. The normalized spacial score (nSPS) is 26.1. The Hall–Kier alpha value is -1.94. The van der Waals surface area contributed by atoms with Crippen molar-refractivity contribution in [2.45, 2.75) is 44.6 Å². The second-order valence-corrected chi connectivity index (χ2v) is 7.91. The summed E-state index contributed by atoms with van der Waals surface area (Å²) in [4.78, 5) is 30.5. The van der Waals surface area contributed by atoms with Gasteiger partial charge in [0.1, 0.15) is 11.4 Å². The molecule has 3 fully saturated rings. The van der Waals surface area contributed by atoms with Crippen molar-refractivity contribution < 1.29 is 24.9 Å². The van der Waals surface area contributed by atoms with Crippen molar-refractivity contribution in [3.05, 3.63) is 23.2 Å². The number of aliphatic hydroxyl groups is 3. The van der Waals surface area contributed by atoms with E-state index in [1.54, 1.807) is 0 Å². The van der Waals surface area contributed by atoms with Crippen LogP contribution in [0.1, 0.15) is 20.8 Å². The van der Waals surface area contributed by atoms with E-state index in [1.807, 2.05) is 14.7 Å². The first kappa shape index (κ1) is 20.8. The maximum Gasteiger partial charge on any atom is 0.227 e. The summed E-state index contributed by atoms with van der Waals surface area (Å²) < 4.78 is 0. The Morgan fingerprint density at radius 1 is 0.821 bits per heavy atom. The molecule has 0 spiro atoms. The number of carbonyl (C=O) groups excluding carboxylic acids is 2. The van der Waals surface area contributed by atoms with E-state index >= 15 is 0 Å². The number of hydrogen-bond acceptors (Lipinski definition) is 9. The number of nitrogens with zero attached hydrogens (tertiary/aromatic N) is 3. The molecule has 0 aromatic carbocycles. The Labute approximate surface area is 164 Å². The molecule has 9 heteroatoms. The first-order valence-corrected chi connectivity index (χ1v) is 9.72. The van der Waals surface area contributed by atoms with Crippen molar-refractivity contribution >= 4 is 11.6 Å². The van der Waals surface area contributed by atoms with Crippen LogP contribution in [-0.4, -0.2) is 105 Å². The Bertz CT molecular complexity index is 694. The fraction of sp³-hybridized carbons (Fsp3) is 0.684. The van der Waals surface area contributed by atoms with Gasteiger partial charge < -0.3 is 35.8 Å². The highest BCUT2D eigenvalue weighted by Gasteiger charge is 2.43. The maximum absolute atomic E-state index is 12.4. The average molecular weight is 394 g/mol. The van der Waals surface area contributed by atoms with Crippen LogP contribution in [0.25, 0.3) is 0 Å². The molecule has 0 aromatic rings. The van der Waals surface area contributed by atoms with Crippen LogP contribution in [0.4, 0.5) is 0 Å². The van der Waals surface area contributed by atoms with Crippen LogP contribution >= 0.6 is 0 Å². The number of ketones is 2. The average Bonchev–Trinajstić information content (AvgIpc) is 3.48. The summed E-state index contributed by atoms with van der Waals surface area (Å²) in [5.41, 5.74) is 6.13. The first-order chi connectivity index (χ1) is 13.1. The van der Waals surface area contributed by atoms with Gasteiger partial charge in [0.25, 0.3) is 0 Å². The molecular formula is C19H30N4O5. The zero-order valence-corrected chi connectivity index (χ0v) is 16.6. The van der Waals surface area contributed by atoms with Crippen molar-refractivity contribution in [2.75, 3.05) is 39.3 Å². The molecule has 3 atom stereocenters. The van der Waals surface area contributed by atoms with E-state index in [0.29, 0.717) is 17.1 Å². The van der Waals surface area contributed by atoms with E-state index in [0.717, 1.165) is 39.3 Å². The topological polar surface area (TPSA) is 130 Å². The summed E-state index contributed by atoms with van der Waals surface area (Å²) in [7, 11) is 0. The zero-order valence-electron chi connectivity index (χ0n) is 16.6. The van der Waals surface area contributed by atoms with Gasteiger partial charge in [0.05, 0.1) is 29.5 Å². The van der Waals surface area contributed by atoms with Gasteiger partial charge in [-0.15, -0.1) is 0 Å². The Balaban J connectivity index is 0.000000180. The molecule has 4 aliphatic rings. The lowest BCUT2D eigenvalue weighted by molar-refractivity contribution is -0.117. The van der Waals surface area contributed by atoms with Gasteiger partial charge in [-0.2, -0.15) is 0 Å². The molecule has 9 nitrogen and oxygen atoms in total. The van der Waals surface area contributed by atoms with E-state index in [9.17, 15) is 9.59 Å². The maximum atomic E-state index is 12.4. The van der Waals surface area contributed by atoms with Crippen LogP contribution in [0.15, 0.2) is 23.2 Å². The van der Waals surface area contributed by atoms with Gasteiger partial charge in [-0.05, 0) is 20.8 Å². The van der Waals surface area contributed by atoms with Gasteiger partial charge in [-0.1, -0.05) is 0 Å². The number of Topliss-reactive ketones (excluding diaryl/α,β-unsaturated/α-hetero) is 1. The monoisotopic (exact) mass is 394 g/mol. The number of allylic oxidation sites excluding steroid dienone is 1. The van der Waals surface area contributed by atoms with Crippen LogP contribution in [0, 0.1) is 0 Å². The fourth-order valence-electron chi connectivity index (χ4n) is 3.32. The molecule has 0 bridgehead atoms. The van der Waals surface area contributed by atoms with Gasteiger partial charge >= 0.3 is 0 Å². The van der Waals surface area contributed by atoms with Gasteiger partial charge in [-0.3, -0.25) is 9.59 Å². The van der Waals surface area contributed by atoms with Crippen LogP contribution in [0.2, 0.25) is 0 Å². The summed E-state index contributed by atoms with van der Waals surface area (Å²) in [5, 5.41) is 27.5. The summed E-state index contributed by atoms with van der Waals surface area (Å²) in [6.07, 6.45) is -1.30. The quantitative estimate of drug-likeness (QED) is 0.299. The minimum Gasteiger partial charge on any atom is -0.391 e. The molecule has 28 heavy (non-hydrogen) atoms. The van der Waals surface area contributed by atoms with E-state index in [1.165, 1.54) is 26.8 Å². The number of hydrogen-bond donors (Lipinski definition) is 4. The zero-order chi connectivity index (χ0) is 20.8. The molecule has 4 rings (SSSR count). The molecular weight excluding hydrogens is 364 g/mol. The SMILES string of the molecule is CC(O)C(N)(C(C)O)C(C)O.O=C1C=C(N2CC2)C(=O)C(N2CC2)=C1N1CC1. The van der Waals surface area contributed by atoms with Crippen molar-refractivity contribution in [3.63, 3.8) is 0 Å². The number of rotatable bonds is 6. The highest BCUT2D eigenvalue weighted by atomic mass is 16.3. The van der Waals surface area contributed by atoms with Crippen LogP contribution in [0.5, 0.6) is 0 Å². The molecule has 0 aromatic heterocycles. The van der Waals surface area contributed by atoms with Gasteiger partial charge in [-0.25, -0.2) is 0 Å². The molecule has 0 radical (unpaired) electrons. The lowest BCUT2D eigenvalue weighted by Gasteiger charge is -2.37. The molecule has 1 aliphatic carbocycles. The molecule has 3 saturated heterocycles. The lowest BCUT2D eigenvalue weighted by Crippen LogP contribution is -2.64. The van der Waals surface area contributed by atoms with Gasteiger partial charge in [0, 0.05) is 45.3 Å². The molecule has 0 amide bonds. The Morgan fingerprint density at radius 3 is 1.54 bits per heavy atom. The van der Waals surface area contributed by atoms with Crippen molar-refractivity contribution in [3.8, 4) is 0 Å². The van der Waals surface area contributed by atoms with Crippen LogP contribution in [0.3, 0.4) is 0 Å². The third-order valence-electron chi connectivity index (χ3n) is 5.66. The fourth-order valence-corrected chi connectivity index (χ4v) is 3.32. The summed E-state index contributed by atoms with van der Waals surface area (Å²) in [5.74, 6) is 0.0485. The molecule has 156 valence electrons. The molecule has 0 saturated carbocycles. The lowest BCUT2D eigenvalue weighted by atomic mass is 9.84. The van der Waals surface area contributed by atoms with E-state index in [2.05, 4.69) is 0 Å². The first-order valence-electron chi connectivity index (χ1n) is 9.72. The van der Waals surface area contributed by atoms with Crippen molar-refractivity contribution in [1.29, 1.82) is 0 Å². The van der Waals surface area contributed by atoms with Gasteiger partial charge in [0.15, 0.2) is 0 Å². The van der Waals surface area contributed by atoms with Crippen LogP contribution < -0.4 is 5.73 Å². The number of nitrogens with two attached hydrogens (primary N) is 1. The summed E-state index contributed by atoms with van der Waals surface area (Å²) in [6.45, 7) is 9.74. The Kier molecular flexibility index (Phi) is 5.55. The van der Waals surface area contributed by atoms with Crippen molar-refractivity contribution in [1.82, 2.24) is 14.7 Å². The third kappa shape index (κ3) is 3.93. The predicted octanol–water partition coefficient (Wildman–Crippen LogP) is -1.99. The standard InChI is InChI=1S/C12H13N3O2.C7H17NO3/c16-9-7-8(13-1-2-13)12(17)11(15-5-6-15)10(9)14-3-4-14;1-4(9)7(8,5(2)10)6(3)11/h7H,1-6H2;4-6,9-11H,8H2,1-3H3. The van der Waals surface area contributed by atoms with Gasteiger partial charge in [0.2, 0.25) is 11.6 Å². The second-order valence-electron chi connectivity index (χ2n) is 7.91. The van der Waals surface area contributed by atoms with E-state index in [-0.39, 0.29) is 11.6 Å². The second kappa shape index (κ2) is 7.47.